The van der Waals surface area contributed by atoms with Crippen molar-refractivity contribution in [2.75, 3.05) is 20.8 Å². The SMILES string of the molecule is COCCC(CC=C/C=N\OC)OC(C)O. The van der Waals surface area contributed by atoms with Gasteiger partial charge in [0.2, 0.25) is 0 Å². The summed E-state index contributed by atoms with van der Waals surface area (Å²) < 4.78 is 10.3. The quantitative estimate of drug-likeness (QED) is 0.369. The van der Waals surface area contributed by atoms with Crippen LogP contribution in [0.15, 0.2) is 17.3 Å². The summed E-state index contributed by atoms with van der Waals surface area (Å²) in [5, 5.41) is 12.7. The molecular formula is C11H21NO4. The van der Waals surface area contributed by atoms with Crippen LogP contribution in [-0.4, -0.2) is 44.5 Å². The van der Waals surface area contributed by atoms with E-state index in [1.165, 1.54) is 7.11 Å². The Morgan fingerprint density at radius 2 is 2.12 bits per heavy atom. The fraction of sp³-hybridized carbons (Fsp3) is 0.727. The minimum atomic E-state index is -0.761. The van der Waals surface area contributed by atoms with Gasteiger partial charge in [-0.1, -0.05) is 11.2 Å². The van der Waals surface area contributed by atoms with E-state index in [-0.39, 0.29) is 6.10 Å². The Labute approximate surface area is 96.7 Å². The maximum absolute atomic E-state index is 9.13. The molecule has 0 aliphatic rings. The second-order valence-electron chi connectivity index (χ2n) is 3.24. The summed E-state index contributed by atoms with van der Waals surface area (Å²) in [6, 6.07) is 0. The van der Waals surface area contributed by atoms with Gasteiger partial charge in [-0.05, 0) is 25.8 Å². The number of aliphatic hydroxyl groups excluding tert-OH is 1. The first-order chi connectivity index (χ1) is 7.70. The number of hydrogen-bond donors (Lipinski definition) is 1. The number of aliphatic hydroxyl groups is 1. The minimum absolute atomic E-state index is 0.0489. The first kappa shape index (κ1) is 15.1. The molecule has 0 aliphatic carbocycles. The first-order valence-corrected chi connectivity index (χ1v) is 5.24. The van der Waals surface area contributed by atoms with Gasteiger partial charge in [0.05, 0.1) is 12.3 Å². The molecule has 5 heteroatoms. The van der Waals surface area contributed by atoms with E-state index in [0.29, 0.717) is 13.0 Å². The van der Waals surface area contributed by atoms with E-state index in [9.17, 15) is 0 Å². The lowest BCUT2D eigenvalue weighted by Gasteiger charge is -2.17. The Kier molecular flexibility index (Phi) is 10.00. The normalized spacial score (nSPS) is 15.8. The van der Waals surface area contributed by atoms with Crippen molar-refractivity contribution >= 4 is 6.21 Å². The van der Waals surface area contributed by atoms with Gasteiger partial charge in [-0.15, -0.1) is 0 Å². The zero-order valence-electron chi connectivity index (χ0n) is 10.1. The number of rotatable bonds is 9. The molecule has 0 fully saturated rings. The van der Waals surface area contributed by atoms with Gasteiger partial charge in [0.25, 0.3) is 0 Å². The Morgan fingerprint density at radius 3 is 2.69 bits per heavy atom. The monoisotopic (exact) mass is 231 g/mol. The molecule has 0 saturated heterocycles. The van der Waals surface area contributed by atoms with Crippen molar-refractivity contribution in [2.45, 2.75) is 32.2 Å². The van der Waals surface area contributed by atoms with Crippen LogP contribution < -0.4 is 0 Å². The third-order valence-electron chi connectivity index (χ3n) is 1.82. The Bertz CT molecular complexity index is 204. The second kappa shape index (κ2) is 10.6. The number of nitrogens with zero attached hydrogens (tertiary/aromatic N) is 1. The largest absolute Gasteiger partial charge is 0.399 e. The van der Waals surface area contributed by atoms with E-state index in [1.807, 2.05) is 6.08 Å². The first-order valence-electron chi connectivity index (χ1n) is 5.24. The fourth-order valence-corrected chi connectivity index (χ4v) is 1.16. The predicted molar refractivity (Wildman–Crippen MR) is 62.3 cm³/mol. The lowest BCUT2D eigenvalue weighted by Crippen LogP contribution is -2.20. The standard InChI is InChI=1S/C11H21NO4/c1-10(13)16-11(7-9-14-2)6-4-5-8-12-15-3/h4-5,8,10-11,13H,6-7,9H2,1-3H3/b5-4?,12-8-. The van der Waals surface area contributed by atoms with Crippen LogP contribution in [-0.2, 0) is 14.3 Å². The number of ether oxygens (including phenoxy) is 2. The van der Waals surface area contributed by atoms with Gasteiger partial charge in [-0.2, -0.15) is 0 Å². The van der Waals surface area contributed by atoms with Crippen molar-refractivity contribution in [3.8, 4) is 0 Å². The highest BCUT2D eigenvalue weighted by molar-refractivity contribution is 5.70. The van der Waals surface area contributed by atoms with E-state index in [0.717, 1.165) is 6.42 Å². The molecule has 0 aromatic carbocycles. The number of methoxy groups -OCH3 is 1. The number of hydrogen-bond acceptors (Lipinski definition) is 5. The molecule has 0 rings (SSSR count). The van der Waals surface area contributed by atoms with Gasteiger partial charge < -0.3 is 19.4 Å². The van der Waals surface area contributed by atoms with Gasteiger partial charge in [-0.3, -0.25) is 0 Å². The van der Waals surface area contributed by atoms with E-state index in [4.69, 9.17) is 14.6 Å². The summed E-state index contributed by atoms with van der Waals surface area (Å²) >= 11 is 0. The minimum Gasteiger partial charge on any atom is -0.399 e. The average molecular weight is 231 g/mol. The molecule has 0 aromatic heterocycles. The molecule has 0 radical (unpaired) electrons. The summed E-state index contributed by atoms with van der Waals surface area (Å²) in [5.74, 6) is 0. The van der Waals surface area contributed by atoms with Crippen LogP contribution in [0.3, 0.4) is 0 Å². The van der Waals surface area contributed by atoms with Crippen LogP contribution in [0.5, 0.6) is 0 Å². The van der Waals surface area contributed by atoms with E-state index < -0.39 is 6.29 Å². The summed E-state index contributed by atoms with van der Waals surface area (Å²) in [4.78, 5) is 4.51. The molecular weight excluding hydrogens is 210 g/mol. The van der Waals surface area contributed by atoms with Crippen LogP contribution in [0.1, 0.15) is 19.8 Å². The number of oxime groups is 1. The van der Waals surface area contributed by atoms with Crippen molar-refractivity contribution in [2.24, 2.45) is 5.16 Å². The Morgan fingerprint density at radius 1 is 1.38 bits per heavy atom. The molecule has 0 amide bonds. The maximum atomic E-state index is 9.13. The van der Waals surface area contributed by atoms with Crippen molar-refractivity contribution < 1.29 is 19.4 Å². The second-order valence-corrected chi connectivity index (χ2v) is 3.24. The molecule has 0 bridgehead atoms. The van der Waals surface area contributed by atoms with Crippen molar-refractivity contribution in [3.05, 3.63) is 12.2 Å². The molecule has 16 heavy (non-hydrogen) atoms. The van der Waals surface area contributed by atoms with Gasteiger partial charge in [0, 0.05) is 13.7 Å². The third kappa shape index (κ3) is 9.64. The predicted octanol–water partition coefficient (Wildman–Crippen LogP) is 1.32. The Balaban J connectivity index is 3.89. The van der Waals surface area contributed by atoms with Crippen LogP contribution in [0, 0.1) is 0 Å². The summed E-state index contributed by atoms with van der Waals surface area (Å²) in [5.41, 5.74) is 0. The van der Waals surface area contributed by atoms with Crippen LogP contribution in [0.4, 0.5) is 0 Å². The van der Waals surface area contributed by atoms with Crippen molar-refractivity contribution in [1.82, 2.24) is 0 Å². The molecule has 0 heterocycles. The van der Waals surface area contributed by atoms with Crippen LogP contribution in [0.2, 0.25) is 0 Å². The van der Waals surface area contributed by atoms with Crippen LogP contribution in [0.25, 0.3) is 0 Å². The van der Waals surface area contributed by atoms with Gasteiger partial charge in [0.1, 0.15) is 7.11 Å². The van der Waals surface area contributed by atoms with Crippen LogP contribution >= 0.6 is 0 Å². The smallest absolute Gasteiger partial charge is 0.152 e. The van der Waals surface area contributed by atoms with E-state index in [2.05, 4.69) is 9.99 Å². The van der Waals surface area contributed by atoms with E-state index in [1.54, 1.807) is 26.3 Å². The van der Waals surface area contributed by atoms with E-state index >= 15 is 0 Å². The van der Waals surface area contributed by atoms with Gasteiger partial charge >= 0.3 is 0 Å². The summed E-state index contributed by atoms with van der Waals surface area (Å²) in [7, 11) is 3.13. The zero-order valence-corrected chi connectivity index (χ0v) is 10.1. The number of allylic oxidation sites excluding steroid dienone is 1. The lowest BCUT2D eigenvalue weighted by molar-refractivity contribution is -0.127. The third-order valence-corrected chi connectivity index (χ3v) is 1.82. The molecule has 5 nitrogen and oxygen atoms in total. The summed E-state index contributed by atoms with van der Waals surface area (Å²) in [6.07, 6.45) is 5.86. The fourth-order valence-electron chi connectivity index (χ4n) is 1.16. The average Bonchev–Trinajstić information content (AvgIpc) is 2.24. The van der Waals surface area contributed by atoms with Crippen molar-refractivity contribution in [3.63, 3.8) is 0 Å². The zero-order chi connectivity index (χ0) is 12.2. The maximum Gasteiger partial charge on any atom is 0.152 e. The molecule has 2 unspecified atom stereocenters. The summed E-state index contributed by atoms with van der Waals surface area (Å²) in [6.45, 7) is 2.20. The molecule has 0 aliphatic heterocycles. The molecule has 2 atom stereocenters. The topological polar surface area (TPSA) is 60.3 Å². The molecule has 0 spiro atoms. The van der Waals surface area contributed by atoms with Crippen molar-refractivity contribution in [1.29, 1.82) is 0 Å². The lowest BCUT2D eigenvalue weighted by atomic mass is 10.2. The molecule has 0 saturated carbocycles. The molecule has 1 N–H and O–H groups in total. The molecule has 0 aromatic rings. The Hall–Kier alpha value is -0.910. The highest BCUT2D eigenvalue weighted by atomic mass is 16.6. The van der Waals surface area contributed by atoms with Gasteiger partial charge in [0.15, 0.2) is 6.29 Å². The highest BCUT2D eigenvalue weighted by Crippen LogP contribution is 2.07. The van der Waals surface area contributed by atoms with Gasteiger partial charge in [-0.25, -0.2) is 0 Å². The molecule has 94 valence electrons. The highest BCUT2D eigenvalue weighted by Gasteiger charge is 2.09.